The molecule has 2 aromatic heterocycles. The molecule has 5 heteroatoms. The number of nitrogens with zero attached hydrogens (tertiary/aromatic N) is 2. The molecule has 0 aromatic carbocycles. The molecule has 2 rings (SSSR count). The first-order valence-electron chi connectivity index (χ1n) is 4.93. The van der Waals surface area contributed by atoms with Gasteiger partial charge in [-0.3, -0.25) is 0 Å². The lowest BCUT2D eigenvalue weighted by molar-refractivity contribution is 0.669. The number of aryl methyl sites for hydroxylation is 1. The van der Waals surface area contributed by atoms with Crippen LogP contribution in [0.4, 0.5) is 0 Å². The predicted octanol–water partition coefficient (Wildman–Crippen LogP) is 1.51. The minimum Gasteiger partial charge on any atom is -0.348 e. The lowest BCUT2D eigenvalue weighted by Crippen LogP contribution is -2.17. The Morgan fingerprint density at radius 3 is 3.07 bits per heavy atom. The normalized spacial score (nSPS) is 10.7. The molecular formula is C10H14N4S. The van der Waals surface area contributed by atoms with Crippen molar-refractivity contribution in [2.75, 3.05) is 6.54 Å². The number of nitrogens with one attached hydrogen (secondary N) is 2. The number of hydrogen-bond donors (Lipinski definition) is 2. The number of imidazole rings is 1. The monoisotopic (exact) mass is 222 g/mol. The van der Waals surface area contributed by atoms with Crippen LogP contribution in [0.5, 0.6) is 0 Å². The second kappa shape index (κ2) is 5.04. The molecule has 0 unspecified atom stereocenters. The third-order valence-electron chi connectivity index (χ3n) is 2.27. The van der Waals surface area contributed by atoms with E-state index in [1.807, 2.05) is 12.4 Å². The molecule has 2 N–H and O–H groups in total. The Bertz CT molecular complexity index is 393. The van der Waals surface area contributed by atoms with Gasteiger partial charge in [-0.1, -0.05) is 0 Å². The molecule has 0 aliphatic carbocycles. The summed E-state index contributed by atoms with van der Waals surface area (Å²) in [6.07, 6.45) is 2.71. The first kappa shape index (κ1) is 10.3. The van der Waals surface area contributed by atoms with Crippen molar-refractivity contribution in [3.05, 3.63) is 34.3 Å². The third kappa shape index (κ3) is 2.87. The Kier molecular flexibility index (Phi) is 3.47. The van der Waals surface area contributed by atoms with E-state index in [1.54, 1.807) is 17.7 Å². The van der Waals surface area contributed by atoms with Crippen LogP contribution in [0, 0.1) is 6.92 Å². The summed E-state index contributed by atoms with van der Waals surface area (Å²) in [6, 6.07) is 0. The fraction of sp³-hybridized carbons (Fsp3) is 0.400. The second-order valence-corrected chi connectivity index (χ2v) is 4.10. The van der Waals surface area contributed by atoms with Crippen LogP contribution in [0.15, 0.2) is 17.2 Å². The van der Waals surface area contributed by atoms with Crippen LogP contribution >= 0.6 is 11.3 Å². The number of aromatic amines is 1. The summed E-state index contributed by atoms with van der Waals surface area (Å²) in [5.41, 5.74) is 5.25. The Morgan fingerprint density at radius 1 is 1.47 bits per heavy atom. The van der Waals surface area contributed by atoms with Crippen LogP contribution in [0.3, 0.4) is 0 Å². The van der Waals surface area contributed by atoms with E-state index in [2.05, 4.69) is 25.6 Å². The van der Waals surface area contributed by atoms with Gasteiger partial charge in [0.25, 0.3) is 0 Å². The largest absolute Gasteiger partial charge is 0.348 e. The maximum Gasteiger partial charge on any atom is 0.0925 e. The molecule has 0 bridgehead atoms. The van der Waals surface area contributed by atoms with Gasteiger partial charge in [0, 0.05) is 30.6 Å². The second-order valence-electron chi connectivity index (χ2n) is 3.38. The van der Waals surface area contributed by atoms with Crippen molar-refractivity contribution in [2.24, 2.45) is 0 Å². The van der Waals surface area contributed by atoms with Gasteiger partial charge < -0.3 is 10.3 Å². The molecule has 0 radical (unpaired) electrons. The molecule has 0 spiro atoms. The molecule has 0 saturated carbocycles. The molecule has 0 amide bonds. The van der Waals surface area contributed by atoms with E-state index >= 15 is 0 Å². The Morgan fingerprint density at radius 2 is 2.40 bits per heavy atom. The molecule has 80 valence electrons. The summed E-state index contributed by atoms with van der Waals surface area (Å²) in [4.78, 5) is 11.5. The minimum atomic E-state index is 0.819. The molecule has 0 fully saturated rings. The highest BCUT2D eigenvalue weighted by atomic mass is 32.1. The Hall–Kier alpha value is -1.20. The molecule has 0 aliphatic rings. The van der Waals surface area contributed by atoms with Crippen molar-refractivity contribution in [1.82, 2.24) is 20.3 Å². The first-order valence-corrected chi connectivity index (χ1v) is 5.87. The van der Waals surface area contributed by atoms with Crippen LogP contribution in [0.25, 0.3) is 0 Å². The molecule has 0 atom stereocenters. The summed E-state index contributed by atoms with van der Waals surface area (Å²) >= 11 is 1.64. The zero-order valence-electron chi connectivity index (χ0n) is 8.66. The van der Waals surface area contributed by atoms with Gasteiger partial charge in [0.15, 0.2) is 0 Å². The molecule has 2 aromatic rings. The van der Waals surface area contributed by atoms with Gasteiger partial charge in [-0.2, -0.15) is 0 Å². The van der Waals surface area contributed by atoms with E-state index in [0.717, 1.165) is 36.6 Å². The van der Waals surface area contributed by atoms with Gasteiger partial charge in [0.1, 0.15) is 0 Å². The third-order valence-corrected chi connectivity index (χ3v) is 2.90. The topological polar surface area (TPSA) is 53.6 Å². The minimum absolute atomic E-state index is 0.819. The number of H-pyrrole nitrogens is 1. The number of rotatable bonds is 5. The van der Waals surface area contributed by atoms with Gasteiger partial charge in [0.05, 0.1) is 23.2 Å². The summed E-state index contributed by atoms with van der Waals surface area (Å²) in [6.45, 7) is 3.79. The van der Waals surface area contributed by atoms with E-state index in [1.165, 1.54) is 0 Å². The van der Waals surface area contributed by atoms with Crippen LogP contribution in [0.1, 0.15) is 17.1 Å². The molecule has 4 nitrogen and oxygen atoms in total. The van der Waals surface area contributed by atoms with Crippen molar-refractivity contribution in [1.29, 1.82) is 0 Å². The fourth-order valence-electron chi connectivity index (χ4n) is 1.35. The van der Waals surface area contributed by atoms with E-state index < -0.39 is 0 Å². The SMILES string of the molecule is Cc1[nH]cnc1CNCCc1cscn1. The van der Waals surface area contributed by atoms with Gasteiger partial charge in [-0.25, -0.2) is 9.97 Å². The zero-order chi connectivity index (χ0) is 10.5. The van der Waals surface area contributed by atoms with E-state index in [4.69, 9.17) is 0 Å². The van der Waals surface area contributed by atoms with Gasteiger partial charge in [-0.15, -0.1) is 11.3 Å². The van der Waals surface area contributed by atoms with Crippen LogP contribution in [-0.2, 0) is 13.0 Å². The lowest BCUT2D eigenvalue weighted by Gasteiger charge is -2.01. The average molecular weight is 222 g/mol. The summed E-state index contributed by atoms with van der Waals surface area (Å²) in [5, 5.41) is 5.43. The van der Waals surface area contributed by atoms with Crippen molar-refractivity contribution in [3.63, 3.8) is 0 Å². The summed E-state index contributed by atoms with van der Waals surface area (Å²) in [7, 11) is 0. The fourth-order valence-corrected chi connectivity index (χ4v) is 1.94. The van der Waals surface area contributed by atoms with Gasteiger partial charge in [-0.05, 0) is 6.92 Å². The molecule has 0 saturated heterocycles. The van der Waals surface area contributed by atoms with Crippen LogP contribution in [-0.4, -0.2) is 21.5 Å². The maximum atomic E-state index is 4.23. The van der Waals surface area contributed by atoms with Crippen LogP contribution in [0.2, 0.25) is 0 Å². The van der Waals surface area contributed by atoms with Crippen molar-refractivity contribution in [2.45, 2.75) is 19.9 Å². The number of hydrogen-bond acceptors (Lipinski definition) is 4. The van der Waals surface area contributed by atoms with E-state index in [-0.39, 0.29) is 0 Å². The molecule has 2 heterocycles. The summed E-state index contributed by atoms with van der Waals surface area (Å²) in [5.74, 6) is 0. The summed E-state index contributed by atoms with van der Waals surface area (Å²) < 4.78 is 0. The molecule has 15 heavy (non-hydrogen) atoms. The van der Waals surface area contributed by atoms with Crippen molar-refractivity contribution in [3.8, 4) is 0 Å². The smallest absolute Gasteiger partial charge is 0.0925 e. The van der Waals surface area contributed by atoms with E-state index in [9.17, 15) is 0 Å². The number of thiazole rings is 1. The standard InChI is InChI=1S/C10H14N4S/c1-8-10(13-6-12-8)4-11-3-2-9-5-15-7-14-9/h5-7,11H,2-4H2,1H3,(H,12,13). The van der Waals surface area contributed by atoms with Crippen molar-refractivity contribution >= 4 is 11.3 Å². The van der Waals surface area contributed by atoms with Gasteiger partial charge >= 0.3 is 0 Å². The highest BCUT2D eigenvalue weighted by molar-refractivity contribution is 7.07. The lowest BCUT2D eigenvalue weighted by atomic mass is 10.3. The quantitative estimate of drug-likeness (QED) is 0.754. The maximum absolute atomic E-state index is 4.23. The van der Waals surface area contributed by atoms with Gasteiger partial charge in [0.2, 0.25) is 0 Å². The average Bonchev–Trinajstić information content (AvgIpc) is 2.85. The Balaban J connectivity index is 1.70. The molecule has 0 aliphatic heterocycles. The van der Waals surface area contributed by atoms with Crippen LogP contribution < -0.4 is 5.32 Å². The predicted molar refractivity (Wildman–Crippen MR) is 60.8 cm³/mol. The van der Waals surface area contributed by atoms with Crippen molar-refractivity contribution < 1.29 is 0 Å². The first-order chi connectivity index (χ1) is 7.36. The molecular weight excluding hydrogens is 208 g/mol. The highest BCUT2D eigenvalue weighted by Gasteiger charge is 2.00. The zero-order valence-corrected chi connectivity index (χ0v) is 9.47. The Labute approximate surface area is 92.8 Å². The number of aromatic nitrogens is 3. The van der Waals surface area contributed by atoms with E-state index in [0.29, 0.717) is 0 Å². The highest BCUT2D eigenvalue weighted by Crippen LogP contribution is 2.02.